The number of benzene rings is 1. The fourth-order valence-corrected chi connectivity index (χ4v) is 2.38. The number of hydrogen-bond donors (Lipinski definition) is 1. The van der Waals surface area contributed by atoms with E-state index >= 15 is 0 Å². The predicted octanol–water partition coefficient (Wildman–Crippen LogP) is 2.92. The number of amides is 1. The first kappa shape index (κ1) is 16.4. The van der Waals surface area contributed by atoms with Crippen molar-refractivity contribution >= 4 is 17.5 Å². The molecular formula is C16H24FN3O2. The Morgan fingerprint density at radius 2 is 1.86 bits per heavy atom. The topological polar surface area (TPSA) is 44.8 Å². The summed E-state index contributed by atoms with van der Waals surface area (Å²) < 4.78 is 19.5. The first-order valence-corrected chi connectivity index (χ1v) is 7.50. The van der Waals surface area contributed by atoms with Crippen molar-refractivity contribution in [1.82, 2.24) is 4.90 Å². The lowest BCUT2D eigenvalue weighted by Gasteiger charge is -2.36. The molecule has 6 heteroatoms. The van der Waals surface area contributed by atoms with Crippen LogP contribution in [0.15, 0.2) is 18.2 Å². The molecule has 1 saturated heterocycles. The molecule has 0 atom stereocenters. The van der Waals surface area contributed by atoms with Gasteiger partial charge in [-0.15, -0.1) is 0 Å². The molecule has 122 valence electrons. The van der Waals surface area contributed by atoms with Crippen molar-refractivity contribution in [3.8, 4) is 0 Å². The molecule has 1 fully saturated rings. The normalized spacial score (nSPS) is 15.7. The summed E-state index contributed by atoms with van der Waals surface area (Å²) in [6, 6.07) is 5.10. The van der Waals surface area contributed by atoms with E-state index in [4.69, 9.17) is 4.74 Å². The Balaban J connectivity index is 1.96. The number of piperazine rings is 1. The molecule has 22 heavy (non-hydrogen) atoms. The van der Waals surface area contributed by atoms with Gasteiger partial charge in [-0.25, -0.2) is 9.18 Å². The van der Waals surface area contributed by atoms with Crippen LogP contribution in [0.2, 0.25) is 0 Å². The smallest absolute Gasteiger partial charge is 0.410 e. The largest absolute Gasteiger partial charge is 0.444 e. The Morgan fingerprint density at radius 1 is 1.23 bits per heavy atom. The number of carbonyl (C=O) groups excluding carboxylic acids is 1. The van der Waals surface area contributed by atoms with Crippen molar-refractivity contribution in [1.29, 1.82) is 0 Å². The molecular weight excluding hydrogens is 285 g/mol. The lowest BCUT2D eigenvalue weighted by molar-refractivity contribution is 0.0240. The van der Waals surface area contributed by atoms with Gasteiger partial charge in [0.2, 0.25) is 0 Å². The Morgan fingerprint density at radius 3 is 2.36 bits per heavy atom. The summed E-state index contributed by atoms with van der Waals surface area (Å²) in [4.78, 5) is 15.6. The average molecular weight is 309 g/mol. The summed E-state index contributed by atoms with van der Waals surface area (Å²) >= 11 is 0. The van der Waals surface area contributed by atoms with Gasteiger partial charge in [0, 0.05) is 38.9 Å². The van der Waals surface area contributed by atoms with Gasteiger partial charge in [0.05, 0.1) is 5.69 Å². The van der Waals surface area contributed by atoms with Gasteiger partial charge in [0.15, 0.2) is 0 Å². The molecule has 1 amide bonds. The molecule has 1 aliphatic heterocycles. The maximum Gasteiger partial charge on any atom is 0.410 e. The van der Waals surface area contributed by atoms with E-state index in [9.17, 15) is 9.18 Å². The van der Waals surface area contributed by atoms with Crippen molar-refractivity contribution in [3.63, 3.8) is 0 Å². The molecule has 1 aromatic carbocycles. The van der Waals surface area contributed by atoms with Gasteiger partial charge in [-0.05, 0) is 39.0 Å². The van der Waals surface area contributed by atoms with E-state index in [2.05, 4.69) is 5.32 Å². The highest BCUT2D eigenvalue weighted by Crippen LogP contribution is 2.24. The van der Waals surface area contributed by atoms with Crippen LogP contribution in [-0.4, -0.2) is 49.8 Å². The first-order valence-electron chi connectivity index (χ1n) is 7.50. The number of ether oxygens (including phenoxy) is 1. The fraction of sp³-hybridized carbons (Fsp3) is 0.562. The third-order valence-electron chi connectivity index (χ3n) is 3.51. The second-order valence-corrected chi connectivity index (χ2v) is 6.37. The van der Waals surface area contributed by atoms with Gasteiger partial charge < -0.3 is 19.9 Å². The van der Waals surface area contributed by atoms with E-state index < -0.39 is 5.60 Å². The summed E-state index contributed by atoms with van der Waals surface area (Å²) in [7, 11) is 1.76. The Labute approximate surface area is 131 Å². The Hall–Kier alpha value is -1.98. The van der Waals surface area contributed by atoms with Crippen LogP contribution in [0.25, 0.3) is 0 Å². The zero-order valence-electron chi connectivity index (χ0n) is 13.6. The van der Waals surface area contributed by atoms with Gasteiger partial charge in [0.25, 0.3) is 0 Å². The number of carbonyl (C=O) groups is 1. The standard InChI is InChI=1S/C16H24FN3O2/c1-16(2,3)22-15(21)20-9-7-19(8-10-20)14-6-5-12(18-4)11-13(14)17/h5-6,11,18H,7-10H2,1-4H3. The first-order chi connectivity index (χ1) is 10.3. The second kappa shape index (κ2) is 6.42. The Kier molecular flexibility index (Phi) is 4.78. The van der Waals surface area contributed by atoms with Crippen LogP contribution in [0, 0.1) is 5.82 Å². The highest BCUT2D eigenvalue weighted by atomic mass is 19.1. The molecule has 0 aromatic heterocycles. The maximum atomic E-state index is 14.1. The molecule has 2 rings (SSSR count). The summed E-state index contributed by atoms with van der Waals surface area (Å²) in [5.41, 5.74) is 0.819. The van der Waals surface area contributed by atoms with Gasteiger partial charge >= 0.3 is 6.09 Å². The van der Waals surface area contributed by atoms with Crippen molar-refractivity contribution in [2.45, 2.75) is 26.4 Å². The average Bonchev–Trinajstić information content (AvgIpc) is 2.45. The van der Waals surface area contributed by atoms with Crippen molar-refractivity contribution in [3.05, 3.63) is 24.0 Å². The second-order valence-electron chi connectivity index (χ2n) is 6.37. The minimum atomic E-state index is -0.497. The zero-order chi connectivity index (χ0) is 16.3. The molecule has 1 aromatic rings. The molecule has 0 saturated carbocycles. The summed E-state index contributed by atoms with van der Waals surface area (Å²) in [5.74, 6) is -0.252. The summed E-state index contributed by atoms with van der Waals surface area (Å²) in [5, 5.41) is 2.91. The Bertz CT molecular complexity index is 535. The summed E-state index contributed by atoms with van der Waals surface area (Å²) in [6.45, 7) is 7.79. The molecule has 1 aliphatic rings. The minimum Gasteiger partial charge on any atom is -0.444 e. The highest BCUT2D eigenvalue weighted by molar-refractivity contribution is 5.68. The van der Waals surface area contributed by atoms with Gasteiger partial charge in [-0.3, -0.25) is 0 Å². The van der Waals surface area contributed by atoms with E-state index in [1.54, 1.807) is 18.0 Å². The molecule has 0 unspecified atom stereocenters. The molecule has 0 aliphatic carbocycles. The highest BCUT2D eigenvalue weighted by Gasteiger charge is 2.26. The summed E-state index contributed by atoms with van der Waals surface area (Å²) in [6.07, 6.45) is -0.307. The molecule has 5 nitrogen and oxygen atoms in total. The maximum absolute atomic E-state index is 14.1. The van der Waals surface area contributed by atoms with E-state index in [0.29, 0.717) is 31.9 Å². The number of halogens is 1. The van der Waals surface area contributed by atoms with Gasteiger partial charge in [-0.1, -0.05) is 0 Å². The van der Waals surface area contributed by atoms with Crippen LogP contribution in [0.5, 0.6) is 0 Å². The lowest BCUT2D eigenvalue weighted by atomic mass is 10.2. The molecule has 0 bridgehead atoms. The molecule has 0 spiro atoms. The van der Waals surface area contributed by atoms with Crippen LogP contribution in [-0.2, 0) is 4.74 Å². The molecule has 1 heterocycles. The van der Waals surface area contributed by atoms with Crippen molar-refractivity contribution < 1.29 is 13.9 Å². The molecule has 0 radical (unpaired) electrons. The number of anilines is 2. The van der Waals surface area contributed by atoms with E-state index in [1.165, 1.54) is 6.07 Å². The number of rotatable bonds is 2. The van der Waals surface area contributed by atoms with Gasteiger partial charge in [-0.2, -0.15) is 0 Å². The van der Waals surface area contributed by atoms with E-state index in [-0.39, 0.29) is 11.9 Å². The SMILES string of the molecule is CNc1ccc(N2CCN(C(=O)OC(C)(C)C)CC2)c(F)c1. The van der Waals surface area contributed by atoms with Crippen LogP contribution in [0.1, 0.15) is 20.8 Å². The quantitative estimate of drug-likeness (QED) is 0.912. The lowest BCUT2D eigenvalue weighted by Crippen LogP contribution is -2.50. The van der Waals surface area contributed by atoms with E-state index in [0.717, 1.165) is 5.69 Å². The number of nitrogens with one attached hydrogen (secondary N) is 1. The number of hydrogen-bond acceptors (Lipinski definition) is 4. The van der Waals surface area contributed by atoms with Crippen LogP contribution in [0.4, 0.5) is 20.6 Å². The minimum absolute atomic E-state index is 0.252. The van der Waals surface area contributed by atoms with E-state index in [1.807, 2.05) is 31.7 Å². The van der Waals surface area contributed by atoms with Crippen LogP contribution < -0.4 is 10.2 Å². The van der Waals surface area contributed by atoms with Crippen LogP contribution >= 0.6 is 0 Å². The van der Waals surface area contributed by atoms with Crippen LogP contribution in [0.3, 0.4) is 0 Å². The third-order valence-corrected chi connectivity index (χ3v) is 3.51. The predicted molar refractivity (Wildman–Crippen MR) is 86.0 cm³/mol. The fourth-order valence-electron chi connectivity index (χ4n) is 2.38. The third kappa shape index (κ3) is 4.02. The zero-order valence-corrected chi connectivity index (χ0v) is 13.6. The van der Waals surface area contributed by atoms with Crippen molar-refractivity contribution in [2.75, 3.05) is 43.4 Å². The van der Waals surface area contributed by atoms with Crippen molar-refractivity contribution in [2.24, 2.45) is 0 Å². The number of nitrogens with zero attached hydrogens (tertiary/aromatic N) is 2. The van der Waals surface area contributed by atoms with Gasteiger partial charge in [0.1, 0.15) is 11.4 Å². The molecule has 1 N–H and O–H groups in total. The monoisotopic (exact) mass is 309 g/mol.